The second kappa shape index (κ2) is 10.8. The predicted molar refractivity (Wildman–Crippen MR) is 147 cm³/mol. The number of halogens is 2. The van der Waals surface area contributed by atoms with E-state index in [1.165, 1.54) is 0 Å². The molecule has 3 aromatic carbocycles. The fourth-order valence-corrected chi connectivity index (χ4v) is 5.07. The molecule has 1 unspecified atom stereocenters. The fourth-order valence-electron chi connectivity index (χ4n) is 4.64. The van der Waals surface area contributed by atoms with Crippen LogP contribution in [0, 0.1) is 0 Å². The maximum atomic E-state index is 13.3. The number of amides is 2. The molecule has 1 aliphatic heterocycles. The molecule has 1 aliphatic rings. The number of carbonyl (C=O) groups is 2. The predicted octanol–water partition coefficient (Wildman–Crippen LogP) is 6.08. The maximum Gasteiger partial charge on any atom is 0.255 e. The lowest BCUT2D eigenvalue weighted by Gasteiger charge is -2.26. The van der Waals surface area contributed by atoms with Gasteiger partial charge in [0, 0.05) is 35.4 Å². The number of aromatic nitrogens is 2. The third kappa shape index (κ3) is 5.58. The Morgan fingerprint density at radius 3 is 2.70 bits per heavy atom. The van der Waals surface area contributed by atoms with Gasteiger partial charge in [-0.1, -0.05) is 41.4 Å². The monoisotopic (exact) mass is 535 g/mol. The number of nitrogens with one attached hydrogen (secondary N) is 3. The minimum atomic E-state index is -0.374. The normalized spacial score (nSPS) is 16.1. The van der Waals surface area contributed by atoms with Crippen molar-refractivity contribution in [2.75, 3.05) is 18.4 Å². The van der Waals surface area contributed by atoms with Crippen LogP contribution >= 0.6 is 23.2 Å². The van der Waals surface area contributed by atoms with Gasteiger partial charge in [0.25, 0.3) is 11.8 Å². The third-order valence-corrected chi connectivity index (χ3v) is 7.18. The summed E-state index contributed by atoms with van der Waals surface area (Å²) in [4.78, 5) is 35.9. The van der Waals surface area contributed by atoms with Crippen molar-refractivity contribution in [1.29, 1.82) is 0 Å². The molecule has 0 aliphatic carbocycles. The number of rotatable bonds is 7. The number of aromatic amines is 1. The number of fused-ring (bicyclic) bond motifs is 1. The van der Waals surface area contributed by atoms with Crippen LogP contribution in [0.5, 0.6) is 0 Å². The first-order valence-electron chi connectivity index (χ1n) is 12.2. The van der Waals surface area contributed by atoms with E-state index < -0.39 is 0 Å². The van der Waals surface area contributed by atoms with Crippen LogP contribution in [-0.2, 0) is 0 Å². The van der Waals surface area contributed by atoms with Crippen LogP contribution in [0.4, 0.5) is 5.69 Å². The molecule has 2 amide bonds. The molecule has 3 N–H and O–H groups in total. The quantitative estimate of drug-likeness (QED) is 0.267. The molecule has 1 fully saturated rings. The highest BCUT2D eigenvalue weighted by Gasteiger charge is 2.30. The smallest absolute Gasteiger partial charge is 0.255 e. The SMILES string of the molecule is CC(NC(=O)c1ccc(C(=O)N2CCC[C@H]2CNc2ccccc2)c(Cl)c1)c1nc2cc(Cl)ccc2[nH]1. The van der Waals surface area contributed by atoms with E-state index in [-0.39, 0.29) is 28.9 Å². The lowest BCUT2D eigenvalue weighted by Crippen LogP contribution is -2.39. The summed E-state index contributed by atoms with van der Waals surface area (Å²) in [7, 11) is 0. The number of imidazole rings is 1. The van der Waals surface area contributed by atoms with Crippen LogP contribution < -0.4 is 10.6 Å². The Bertz CT molecular complexity index is 1440. The van der Waals surface area contributed by atoms with Gasteiger partial charge in [-0.05, 0) is 68.3 Å². The van der Waals surface area contributed by atoms with Crippen molar-refractivity contribution in [2.45, 2.75) is 31.8 Å². The molecule has 2 atom stereocenters. The molecular weight excluding hydrogens is 509 g/mol. The van der Waals surface area contributed by atoms with E-state index in [9.17, 15) is 9.59 Å². The van der Waals surface area contributed by atoms with Crippen molar-refractivity contribution in [3.8, 4) is 0 Å². The van der Waals surface area contributed by atoms with Gasteiger partial charge in [0.05, 0.1) is 27.7 Å². The summed E-state index contributed by atoms with van der Waals surface area (Å²) < 4.78 is 0. The molecule has 0 radical (unpaired) electrons. The van der Waals surface area contributed by atoms with Crippen molar-refractivity contribution < 1.29 is 9.59 Å². The van der Waals surface area contributed by atoms with Gasteiger partial charge in [-0.15, -0.1) is 0 Å². The van der Waals surface area contributed by atoms with Gasteiger partial charge in [-0.3, -0.25) is 9.59 Å². The number of nitrogens with zero attached hydrogens (tertiary/aromatic N) is 2. The minimum absolute atomic E-state index is 0.0753. The Morgan fingerprint density at radius 2 is 1.92 bits per heavy atom. The van der Waals surface area contributed by atoms with E-state index in [2.05, 4.69) is 20.6 Å². The number of para-hydroxylation sites is 1. The van der Waals surface area contributed by atoms with Gasteiger partial charge < -0.3 is 20.5 Å². The molecule has 7 nitrogen and oxygen atoms in total. The number of anilines is 1. The average Bonchev–Trinajstić information content (AvgIpc) is 3.54. The topological polar surface area (TPSA) is 90.1 Å². The summed E-state index contributed by atoms with van der Waals surface area (Å²) >= 11 is 12.6. The Hall–Kier alpha value is -3.55. The Kier molecular flexibility index (Phi) is 7.35. The number of likely N-dealkylation sites (tertiary alicyclic amines) is 1. The summed E-state index contributed by atoms with van der Waals surface area (Å²) in [5.74, 6) is 0.189. The van der Waals surface area contributed by atoms with E-state index in [1.807, 2.05) is 48.2 Å². The number of benzene rings is 3. The van der Waals surface area contributed by atoms with Gasteiger partial charge >= 0.3 is 0 Å². The highest BCUT2D eigenvalue weighted by molar-refractivity contribution is 6.34. The van der Waals surface area contributed by atoms with Crippen molar-refractivity contribution in [1.82, 2.24) is 20.2 Å². The largest absolute Gasteiger partial charge is 0.383 e. The van der Waals surface area contributed by atoms with E-state index in [4.69, 9.17) is 23.2 Å². The summed E-state index contributed by atoms with van der Waals surface area (Å²) in [5.41, 5.74) is 3.36. The van der Waals surface area contributed by atoms with E-state index in [0.717, 1.165) is 29.6 Å². The molecular formula is C28H27Cl2N5O2. The van der Waals surface area contributed by atoms with Gasteiger partial charge in [0.15, 0.2) is 0 Å². The molecule has 1 saturated heterocycles. The minimum Gasteiger partial charge on any atom is -0.383 e. The number of hydrogen-bond acceptors (Lipinski definition) is 4. The molecule has 2 heterocycles. The Labute approximate surface area is 225 Å². The highest BCUT2D eigenvalue weighted by atomic mass is 35.5. The summed E-state index contributed by atoms with van der Waals surface area (Å²) in [6, 6.07) is 19.8. The Morgan fingerprint density at radius 1 is 1.11 bits per heavy atom. The second-order valence-corrected chi connectivity index (χ2v) is 10.1. The molecule has 1 aromatic heterocycles. The first-order valence-corrected chi connectivity index (χ1v) is 13.0. The van der Waals surface area contributed by atoms with Gasteiger partial charge in [0.1, 0.15) is 5.82 Å². The van der Waals surface area contributed by atoms with E-state index in [0.29, 0.717) is 35.1 Å². The molecule has 5 rings (SSSR count). The summed E-state index contributed by atoms with van der Waals surface area (Å²) in [6.07, 6.45) is 1.87. The summed E-state index contributed by atoms with van der Waals surface area (Å²) in [6.45, 7) is 3.19. The van der Waals surface area contributed by atoms with Crippen molar-refractivity contribution in [2.24, 2.45) is 0 Å². The molecule has 0 spiro atoms. The number of H-pyrrole nitrogens is 1. The molecule has 0 bridgehead atoms. The van der Waals surface area contributed by atoms with Crippen LogP contribution in [0.2, 0.25) is 10.0 Å². The third-order valence-electron chi connectivity index (χ3n) is 6.64. The molecule has 190 valence electrons. The average molecular weight is 536 g/mol. The molecule has 9 heteroatoms. The van der Waals surface area contributed by atoms with Gasteiger partial charge in [0.2, 0.25) is 0 Å². The zero-order valence-electron chi connectivity index (χ0n) is 20.3. The van der Waals surface area contributed by atoms with Crippen LogP contribution in [-0.4, -0.2) is 45.8 Å². The van der Waals surface area contributed by atoms with Gasteiger partial charge in [-0.2, -0.15) is 0 Å². The van der Waals surface area contributed by atoms with Crippen molar-refractivity contribution in [3.63, 3.8) is 0 Å². The zero-order chi connectivity index (χ0) is 25.9. The highest BCUT2D eigenvalue weighted by Crippen LogP contribution is 2.26. The fraction of sp³-hybridized carbons (Fsp3) is 0.250. The second-order valence-electron chi connectivity index (χ2n) is 9.21. The number of hydrogen-bond donors (Lipinski definition) is 3. The van der Waals surface area contributed by atoms with E-state index >= 15 is 0 Å². The lowest BCUT2D eigenvalue weighted by molar-refractivity contribution is 0.0743. The first-order chi connectivity index (χ1) is 17.9. The van der Waals surface area contributed by atoms with E-state index in [1.54, 1.807) is 30.3 Å². The van der Waals surface area contributed by atoms with Crippen LogP contribution in [0.3, 0.4) is 0 Å². The van der Waals surface area contributed by atoms with Crippen molar-refractivity contribution >= 4 is 51.7 Å². The van der Waals surface area contributed by atoms with Gasteiger partial charge in [-0.25, -0.2) is 4.98 Å². The Balaban J connectivity index is 1.24. The lowest BCUT2D eigenvalue weighted by atomic mass is 10.1. The number of carbonyl (C=O) groups excluding carboxylic acids is 2. The first kappa shape index (κ1) is 25.1. The zero-order valence-corrected chi connectivity index (χ0v) is 21.8. The molecule has 37 heavy (non-hydrogen) atoms. The van der Waals surface area contributed by atoms with Crippen molar-refractivity contribution in [3.05, 3.63) is 93.7 Å². The standard InChI is InChI=1S/C28H27Cl2N5O2/c1-17(26-33-24-12-10-19(29)15-25(24)34-26)32-27(36)18-9-11-22(23(30)14-18)28(37)35-13-5-8-21(35)16-31-20-6-3-2-4-7-20/h2-4,6-7,9-12,14-15,17,21,31H,5,8,13,16H2,1H3,(H,32,36)(H,33,34)/t17?,21-/m0/s1. The molecule has 4 aromatic rings. The summed E-state index contributed by atoms with van der Waals surface area (Å²) in [5, 5.41) is 7.19. The maximum absolute atomic E-state index is 13.3. The van der Waals surface area contributed by atoms with Crippen LogP contribution in [0.1, 0.15) is 52.3 Å². The van der Waals surface area contributed by atoms with Crippen LogP contribution in [0.25, 0.3) is 11.0 Å². The molecule has 0 saturated carbocycles. The van der Waals surface area contributed by atoms with Crippen LogP contribution in [0.15, 0.2) is 66.7 Å².